The largest absolute Gasteiger partial charge is 0.454 e. The summed E-state index contributed by atoms with van der Waals surface area (Å²) in [5, 5.41) is 3.07. The van der Waals surface area contributed by atoms with Gasteiger partial charge in [-0.1, -0.05) is 35.7 Å². The normalized spacial score (nSPS) is 14.9. The minimum absolute atomic E-state index is 0.0586. The number of amides is 2. The molecule has 1 fully saturated rings. The van der Waals surface area contributed by atoms with Crippen LogP contribution in [-0.2, 0) is 19.1 Å². The summed E-state index contributed by atoms with van der Waals surface area (Å²) >= 11 is 11.9. The van der Waals surface area contributed by atoms with Crippen LogP contribution >= 0.6 is 23.2 Å². The molecule has 0 radical (unpaired) electrons. The Bertz CT molecular complexity index is 616. The Morgan fingerprint density at radius 2 is 1.88 bits per heavy atom. The van der Waals surface area contributed by atoms with Gasteiger partial charge in [-0.3, -0.25) is 14.4 Å². The molecule has 0 atom stereocenters. The van der Waals surface area contributed by atoms with E-state index < -0.39 is 18.5 Å². The third kappa shape index (κ3) is 5.39. The molecule has 8 heteroatoms. The van der Waals surface area contributed by atoms with Crippen molar-refractivity contribution >= 4 is 46.7 Å². The second-order valence-corrected chi connectivity index (χ2v) is 6.25. The first-order valence-electron chi connectivity index (χ1n) is 7.64. The first kappa shape index (κ1) is 18.5. The standard InChI is InChI=1S/C16H18Cl2N2O4/c17-11-5-4-6-12(18)16(11)19-13(21)10-24-15(23)9-20-8-3-1-2-7-14(20)22/h4-6H,1-3,7-10H2,(H,19,21). The van der Waals surface area contributed by atoms with Gasteiger partial charge >= 0.3 is 5.97 Å². The van der Waals surface area contributed by atoms with Crippen LogP contribution < -0.4 is 5.32 Å². The smallest absolute Gasteiger partial charge is 0.326 e. The van der Waals surface area contributed by atoms with Gasteiger partial charge in [-0.05, 0) is 25.0 Å². The maximum Gasteiger partial charge on any atom is 0.326 e. The summed E-state index contributed by atoms with van der Waals surface area (Å²) in [4.78, 5) is 36.9. The zero-order valence-corrected chi connectivity index (χ0v) is 14.5. The molecule has 0 spiro atoms. The molecule has 1 aliphatic rings. The molecule has 1 aromatic carbocycles. The number of esters is 1. The number of anilines is 1. The second-order valence-electron chi connectivity index (χ2n) is 5.43. The zero-order valence-electron chi connectivity index (χ0n) is 13.0. The molecule has 0 unspecified atom stereocenters. The second kappa shape index (κ2) is 8.89. The number of carbonyl (C=O) groups excluding carboxylic acids is 3. The highest BCUT2D eigenvalue weighted by molar-refractivity contribution is 6.39. The predicted octanol–water partition coefficient (Wildman–Crippen LogP) is 2.88. The van der Waals surface area contributed by atoms with E-state index in [0.717, 1.165) is 19.3 Å². The van der Waals surface area contributed by atoms with E-state index in [4.69, 9.17) is 27.9 Å². The summed E-state index contributed by atoms with van der Waals surface area (Å²) in [5.41, 5.74) is 0.268. The van der Waals surface area contributed by atoms with Crippen molar-refractivity contribution in [1.82, 2.24) is 4.90 Å². The number of likely N-dealkylation sites (tertiary alicyclic amines) is 1. The molecular weight excluding hydrogens is 355 g/mol. The third-order valence-electron chi connectivity index (χ3n) is 3.58. The maximum atomic E-state index is 11.8. The molecule has 2 amide bonds. The number of carbonyl (C=O) groups is 3. The molecule has 0 bridgehead atoms. The Kier molecular flexibility index (Phi) is 6.87. The van der Waals surface area contributed by atoms with Crippen LogP contribution in [0.4, 0.5) is 5.69 Å². The van der Waals surface area contributed by atoms with Gasteiger partial charge in [0.15, 0.2) is 6.61 Å². The van der Waals surface area contributed by atoms with Crippen LogP contribution in [0.5, 0.6) is 0 Å². The molecule has 0 aliphatic carbocycles. The van der Waals surface area contributed by atoms with Crippen molar-refractivity contribution in [2.45, 2.75) is 25.7 Å². The van der Waals surface area contributed by atoms with Crippen LogP contribution in [0.15, 0.2) is 18.2 Å². The fraction of sp³-hybridized carbons (Fsp3) is 0.438. The van der Waals surface area contributed by atoms with E-state index in [2.05, 4.69) is 5.32 Å². The number of halogens is 2. The van der Waals surface area contributed by atoms with Crippen molar-refractivity contribution in [2.24, 2.45) is 0 Å². The lowest BCUT2D eigenvalue weighted by Crippen LogP contribution is -2.36. The molecule has 1 aliphatic heterocycles. The number of nitrogens with zero attached hydrogens (tertiary/aromatic N) is 1. The Labute approximate surface area is 150 Å². The lowest BCUT2D eigenvalue weighted by atomic mass is 10.2. The molecule has 1 saturated heterocycles. The van der Waals surface area contributed by atoms with E-state index in [1.807, 2.05) is 0 Å². The molecule has 6 nitrogen and oxygen atoms in total. The monoisotopic (exact) mass is 372 g/mol. The van der Waals surface area contributed by atoms with E-state index >= 15 is 0 Å². The number of hydrogen-bond donors (Lipinski definition) is 1. The van der Waals surface area contributed by atoms with Gasteiger partial charge in [-0.25, -0.2) is 0 Å². The summed E-state index contributed by atoms with van der Waals surface area (Å²) < 4.78 is 4.92. The highest BCUT2D eigenvalue weighted by atomic mass is 35.5. The minimum atomic E-state index is -0.620. The van der Waals surface area contributed by atoms with Gasteiger partial charge in [0.25, 0.3) is 5.91 Å². The highest BCUT2D eigenvalue weighted by Gasteiger charge is 2.20. The van der Waals surface area contributed by atoms with Crippen molar-refractivity contribution in [3.05, 3.63) is 28.2 Å². The van der Waals surface area contributed by atoms with Crippen molar-refractivity contribution in [3.63, 3.8) is 0 Å². The van der Waals surface area contributed by atoms with Crippen LogP contribution in [0.1, 0.15) is 25.7 Å². The van der Waals surface area contributed by atoms with Gasteiger partial charge in [0.05, 0.1) is 15.7 Å². The fourth-order valence-electron chi connectivity index (χ4n) is 2.35. The van der Waals surface area contributed by atoms with E-state index in [9.17, 15) is 14.4 Å². The number of ether oxygens (including phenoxy) is 1. The molecule has 1 aromatic rings. The average Bonchev–Trinajstić information content (AvgIpc) is 2.74. The summed E-state index contributed by atoms with van der Waals surface area (Å²) in [7, 11) is 0. The molecule has 0 saturated carbocycles. The van der Waals surface area contributed by atoms with E-state index in [0.29, 0.717) is 13.0 Å². The zero-order chi connectivity index (χ0) is 17.5. The first-order valence-corrected chi connectivity index (χ1v) is 8.40. The van der Waals surface area contributed by atoms with Crippen LogP contribution in [0.2, 0.25) is 10.0 Å². The first-order chi connectivity index (χ1) is 11.5. The van der Waals surface area contributed by atoms with E-state index in [1.54, 1.807) is 18.2 Å². The van der Waals surface area contributed by atoms with Crippen molar-refractivity contribution < 1.29 is 19.1 Å². The van der Waals surface area contributed by atoms with Gasteiger partial charge in [0.1, 0.15) is 6.54 Å². The van der Waals surface area contributed by atoms with Crippen LogP contribution in [0, 0.1) is 0 Å². The number of hydrogen-bond acceptors (Lipinski definition) is 4. The van der Waals surface area contributed by atoms with Crippen LogP contribution in [-0.4, -0.2) is 42.4 Å². The Morgan fingerprint density at radius 3 is 2.58 bits per heavy atom. The Balaban J connectivity index is 1.80. The topological polar surface area (TPSA) is 75.7 Å². The lowest BCUT2D eigenvalue weighted by molar-refractivity contribution is -0.151. The van der Waals surface area contributed by atoms with E-state index in [1.165, 1.54) is 4.90 Å². The van der Waals surface area contributed by atoms with Crippen molar-refractivity contribution in [1.29, 1.82) is 0 Å². The summed E-state index contributed by atoms with van der Waals surface area (Å²) in [6.07, 6.45) is 3.12. The number of para-hydroxylation sites is 1. The molecule has 1 heterocycles. The van der Waals surface area contributed by atoms with Gasteiger partial charge < -0.3 is 15.0 Å². The average molecular weight is 373 g/mol. The number of benzene rings is 1. The van der Waals surface area contributed by atoms with Gasteiger partial charge in [-0.2, -0.15) is 0 Å². The fourth-order valence-corrected chi connectivity index (χ4v) is 2.84. The lowest BCUT2D eigenvalue weighted by Gasteiger charge is -2.19. The molecular formula is C16H18Cl2N2O4. The van der Waals surface area contributed by atoms with Crippen LogP contribution in [0.25, 0.3) is 0 Å². The molecule has 2 rings (SSSR count). The van der Waals surface area contributed by atoms with Crippen LogP contribution in [0.3, 0.4) is 0 Å². The van der Waals surface area contributed by atoms with Gasteiger partial charge in [-0.15, -0.1) is 0 Å². The highest BCUT2D eigenvalue weighted by Crippen LogP contribution is 2.29. The summed E-state index contributed by atoms with van der Waals surface area (Å²) in [6, 6.07) is 4.82. The molecule has 24 heavy (non-hydrogen) atoms. The SMILES string of the molecule is O=C(COC(=O)CN1CCCCCC1=O)Nc1c(Cl)cccc1Cl. The molecule has 130 valence electrons. The molecule has 1 N–H and O–H groups in total. The summed E-state index contributed by atoms with van der Waals surface area (Å²) in [5.74, 6) is -1.23. The number of nitrogens with one attached hydrogen (secondary N) is 1. The van der Waals surface area contributed by atoms with Gasteiger partial charge in [0.2, 0.25) is 5.91 Å². The molecule has 0 aromatic heterocycles. The van der Waals surface area contributed by atoms with Crippen molar-refractivity contribution in [3.8, 4) is 0 Å². The van der Waals surface area contributed by atoms with Gasteiger partial charge in [0, 0.05) is 13.0 Å². The summed E-state index contributed by atoms with van der Waals surface area (Å²) in [6.45, 7) is -0.0727. The number of rotatable bonds is 5. The predicted molar refractivity (Wildman–Crippen MR) is 91.1 cm³/mol. The minimum Gasteiger partial charge on any atom is -0.454 e. The Hall–Kier alpha value is -1.79. The van der Waals surface area contributed by atoms with Crippen molar-refractivity contribution in [2.75, 3.05) is 25.0 Å². The van der Waals surface area contributed by atoms with E-state index in [-0.39, 0.29) is 28.2 Å². The maximum absolute atomic E-state index is 11.8. The quantitative estimate of drug-likeness (QED) is 0.806. The third-order valence-corrected chi connectivity index (χ3v) is 4.21. The Morgan fingerprint density at radius 1 is 1.17 bits per heavy atom.